The summed E-state index contributed by atoms with van der Waals surface area (Å²) in [5, 5.41) is 9.25. The Kier molecular flexibility index (Phi) is 4.75. The van der Waals surface area contributed by atoms with E-state index in [1.165, 1.54) is 17.5 Å². The molecule has 0 saturated carbocycles. The van der Waals surface area contributed by atoms with Crippen molar-refractivity contribution in [3.8, 4) is 0 Å². The van der Waals surface area contributed by atoms with Crippen molar-refractivity contribution in [1.82, 2.24) is 9.97 Å². The second kappa shape index (κ2) is 7.34. The molecule has 0 aliphatic heterocycles. The third-order valence-corrected chi connectivity index (χ3v) is 5.28. The molecule has 4 aromatic rings. The number of amides is 1. The summed E-state index contributed by atoms with van der Waals surface area (Å²) in [6.07, 6.45) is 3.34. The van der Waals surface area contributed by atoms with Crippen molar-refractivity contribution in [2.75, 3.05) is 10.6 Å². The van der Waals surface area contributed by atoms with Gasteiger partial charge in [-0.3, -0.25) is 4.79 Å². The number of pyridine rings is 1. The smallest absolute Gasteiger partial charge is 0.267 e. The molecule has 0 saturated heterocycles. The number of benzene rings is 2. The molecular weight excluding hydrogens is 380 g/mol. The van der Waals surface area contributed by atoms with E-state index in [1.54, 1.807) is 12.3 Å². The molecule has 2 aromatic carbocycles. The third kappa shape index (κ3) is 3.77. The van der Waals surface area contributed by atoms with Crippen LogP contribution in [0.2, 0.25) is 5.02 Å². The van der Waals surface area contributed by atoms with Crippen molar-refractivity contribution in [3.63, 3.8) is 0 Å². The lowest BCUT2D eigenvalue weighted by atomic mass is 10.2. The molecule has 2 aromatic heterocycles. The summed E-state index contributed by atoms with van der Waals surface area (Å²) in [6, 6.07) is 15.4. The van der Waals surface area contributed by atoms with Crippen LogP contribution in [0.15, 0.2) is 60.9 Å². The Labute approximate surface area is 165 Å². The number of aromatic nitrogens is 2. The lowest BCUT2D eigenvalue weighted by Gasteiger charge is -2.08. The topological polar surface area (TPSA) is 66.9 Å². The van der Waals surface area contributed by atoms with Gasteiger partial charge in [-0.25, -0.2) is 9.97 Å². The highest BCUT2D eigenvalue weighted by atomic mass is 35.5. The van der Waals surface area contributed by atoms with E-state index in [0.29, 0.717) is 26.5 Å². The van der Waals surface area contributed by atoms with Crippen LogP contribution in [-0.4, -0.2) is 15.9 Å². The minimum absolute atomic E-state index is 0.247. The van der Waals surface area contributed by atoms with E-state index in [1.807, 2.05) is 49.4 Å². The number of carbonyl (C=O) groups excluding carboxylic acids is 1. The van der Waals surface area contributed by atoms with Gasteiger partial charge in [0.2, 0.25) is 0 Å². The number of thiazole rings is 1. The number of anilines is 3. The van der Waals surface area contributed by atoms with E-state index >= 15 is 0 Å². The van der Waals surface area contributed by atoms with Crippen molar-refractivity contribution in [2.24, 2.45) is 0 Å². The highest BCUT2D eigenvalue weighted by molar-refractivity contribution is 7.17. The van der Waals surface area contributed by atoms with E-state index in [4.69, 9.17) is 11.6 Å². The summed E-state index contributed by atoms with van der Waals surface area (Å²) < 4.78 is 0. The van der Waals surface area contributed by atoms with Gasteiger partial charge in [-0.1, -0.05) is 59.3 Å². The van der Waals surface area contributed by atoms with E-state index in [9.17, 15) is 4.79 Å². The molecule has 4 rings (SSSR count). The van der Waals surface area contributed by atoms with Crippen LogP contribution >= 0.6 is 22.9 Å². The van der Waals surface area contributed by atoms with Gasteiger partial charge in [0.15, 0.2) is 5.13 Å². The Hall–Kier alpha value is -2.96. The summed E-state index contributed by atoms with van der Waals surface area (Å²) in [5.74, 6) is 0.431. The summed E-state index contributed by atoms with van der Waals surface area (Å²) in [5.41, 5.74) is 1.52. The average molecular weight is 395 g/mol. The van der Waals surface area contributed by atoms with Crippen LogP contribution in [-0.2, 0) is 0 Å². The number of hydrogen-bond donors (Lipinski definition) is 2. The molecule has 0 bridgehead atoms. The molecule has 0 aliphatic rings. The SMILES string of the molecule is Cc1cccc(Cl)c1NC(=O)c1cnc(Nc2cc3ccccc3cn2)s1. The molecule has 0 aliphatic carbocycles. The number of fused-ring (bicyclic) bond motifs is 1. The summed E-state index contributed by atoms with van der Waals surface area (Å²) in [4.78, 5) is 21.7. The van der Waals surface area contributed by atoms with Gasteiger partial charge in [-0.05, 0) is 30.0 Å². The Balaban J connectivity index is 1.51. The number of para-hydroxylation sites is 1. The minimum Gasteiger partial charge on any atom is -0.320 e. The average Bonchev–Trinajstić information content (AvgIpc) is 3.13. The predicted molar refractivity (Wildman–Crippen MR) is 111 cm³/mol. The van der Waals surface area contributed by atoms with Gasteiger partial charge < -0.3 is 10.6 Å². The fourth-order valence-electron chi connectivity index (χ4n) is 2.66. The summed E-state index contributed by atoms with van der Waals surface area (Å²) >= 11 is 7.43. The highest BCUT2D eigenvalue weighted by Gasteiger charge is 2.14. The molecule has 1 amide bonds. The van der Waals surface area contributed by atoms with Crippen LogP contribution in [0.3, 0.4) is 0 Å². The molecule has 0 radical (unpaired) electrons. The molecule has 0 fully saturated rings. The number of rotatable bonds is 4. The summed E-state index contributed by atoms with van der Waals surface area (Å²) in [7, 11) is 0. The third-order valence-electron chi connectivity index (χ3n) is 4.06. The fourth-order valence-corrected chi connectivity index (χ4v) is 3.65. The largest absolute Gasteiger partial charge is 0.320 e. The number of hydrogen-bond acceptors (Lipinski definition) is 5. The molecule has 27 heavy (non-hydrogen) atoms. The lowest BCUT2D eigenvalue weighted by molar-refractivity contribution is 0.103. The zero-order valence-corrected chi connectivity index (χ0v) is 15.9. The molecule has 7 heteroatoms. The second-order valence-electron chi connectivity index (χ2n) is 5.96. The first-order valence-electron chi connectivity index (χ1n) is 8.24. The zero-order chi connectivity index (χ0) is 18.8. The quantitative estimate of drug-likeness (QED) is 0.469. The standard InChI is InChI=1S/C20H15ClN4OS/c1-12-5-4-8-15(21)18(12)25-19(26)16-11-23-20(27-16)24-17-9-13-6-2-3-7-14(13)10-22-17/h2-11H,1H3,(H,25,26)(H,22,23,24). The molecular formula is C20H15ClN4OS. The lowest BCUT2D eigenvalue weighted by Crippen LogP contribution is -2.11. The molecule has 2 N–H and O–H groups in total. The fraction of sp³-hybridized carbons (Fsp3) is 0.0500. The molecule has 5 nitrogen and oxygen atoms in total. The molecule has 0 atom stereocenters. The first-order chi connectivity index (χ1) is 13.1. The van der Waals surface area contributed by atoms with Crippen LogP contribution in [0.4, 0.5) is 16.6 Å². The Morgan fingerprint density at radius 3 is 2.67 bits per heavy atom. The van der Waals surface area contributed by atoms with Gasteiger partial charge in [0.25, 0.3) is 5.91 Å². The number of aryl methyl sites for hydroxylation is 1. The number of nitrogens with zero attached hydrogens (tertiary/aromatic N) is 2. The number of halogens is 1. The van der Waals surface area contributed by atoms with Gasteiger partial charge >= 0.3 is 0 Å². The van der Waals surface area contributed by atoms with Crippen LogP contribution in [0.1, 0.15) is 15.2 Å². The van der Waals surface area contributed by atoms with Crippen LogP contribution in [0, 0.1) is 6.92 Å². The maximum Gasteiger partial charge on any atom is 0.267 e. The van der Waals surface area contributed by atoms with Gasteiger partial charge in [-0.2, -0.15) is 0 Å². The van der Waals surface area contributed by atoms with Gasteiger partial charge in [0, 0.05) is 11.6 Å². The maximum absolute atomic E-state index is 12.5. The molecule has 0 spiro atoms. The Morgan fingerprint density at radius 2 is 1.85 bits per heavy atom. The van der Waals surface area contributed by atoms with Crippen molar-refractivity contribution >= 4 is 56.3 Å². The minimum atomic E-state index is -0.247. The maximum atomic E-state index is 12.5. The number of nitrogens with one attached hydrogen (secondary N) is 2. The van der Waals surface area contributed by atoms with E-state index in [0.717, 1.165) is 16.3 Å². The first-order valence-corrected chi connectivity index (χ1v) is 9.44. The highest BCUT2D eigenvalue weighted by Crippen LogP contribution is 2.28. The predicted octanol–water partition coefficient (Wildman–Crippen LogP) is 5.65. The van der Waals surface area contributed by atoms with Crippen molar-refractivity contribution in [3.05, 3.63) is 76.4 Å². The van der Waals surface area contributed by atoms with Crippen molar-refractivity contribution < 1.29 is 4.79 Å². The van der Waals surface area contributed by atoms with E-state index in [-0.39, 0.29) is 5.91 Å². The van der Waals surface area contributed by atoms with Crippen molar-refractivity contribution in [1.29, 1.82) is 0 Å². The summed E-state index contributed by atoms with van der Waals surface area (Å²) in [6.45, 7) is 1.90. The van der Waals surface area contributed by atoms with Gasteiger partial charge in [0.1, 0.15) is 10.7 Å². The van der Waals surface area contributed by atoms with Crippen LogP contribution in [0.5, 0.6) is 0 Å². The van der Waals surface area contributed by atoms with Crippen LogP contribution < -0.4 is 10.6 Å². The van der Waals surface area contributed by atoms with E-state index < -0.39 is 0 Å². The first kappa shape index (κ1) is 17.5. The second-order valence-corrected chi connectivity index (χ2v) is 7.40. The van der Waals surface area contributed by atoms with Crippen LogP contribution in [0.25, 0.3) is 10.8 Å². The number of carbonyl (C=O) groups is 1. The molecule has 134 valence electrons. The van der Waals surface area contributed by atoms with E-state index in [2.05, 4.69) is 20.6 Å². The monoisotopic (exact) mass is 394 g/mol. The molecule has 0 unspecified atom stereocenters. The normalized spacial score (nSPS) is 10.7. The Morgan fingerprint density at radius 1 is 1.04 bits per heavy atom. The Bertz CT molecular complexity index is 1120. The van der Waals surface area contributed by atoms with Crippen molar-refractivity contribution in [2.45, 2.75) is 6.92 Å². The van der Waals surface area contributed by atoms with Gasteiger partial charge in [-0.15, -0.1) is 0 Å². The molecule has 2 heterocycles. The zero-order valence-electron chi connectivity index (χ0n) is 14.4. The van der Waals surface area contributed by atoms with Gasteiger partial charge in [0.05, 0.1) is 16.9 Å².